The molecule has 0 fully saturated rings. The van der Waals surface area contributed by atoms with E-state index in [0.717, 1.165) is 30.1 Å². The van der Waals surface area contributed by atoms with E-state index in [-0.39, 0.29) is 24.0 Å². The zero-order valence-corrected chi connectivity index (χ0v) is 15.5. The molecule has 2 aromatic rings. The summed E-state index contributed by atoms with van der Waals surface area (Å²) in [6.45, 7) is 4.36. The van der Waals surface area contributed by atoms with E-state index in [2.05, 4.69) is 40.7 Å². The minimum Gasteiger partial charge on any atom is -0.491 e. The Balaban J connectivity index is 0.00000242. The molecule has 0 heterocycles. The average Bonchev–Trinajstić information content (AvgIpc) is 2.54. The van der Waals surface area contributed by atoms with Crippen molar-refractivity contribution in [1.29, 1.82) is 0 Å². The Morgan fingerprint density at radius 2 is 1.77 bits per heavy atom. The van der Waals surface area contributed by atoms with Gasteiger partial charge in [0.05, 0.1) is 6.54 Å². The highest BCUT2D eigenvalue weighted by atomic mass is 127. The zero-order chi connectivity index (χ0) is 14.9. The molecule has 2 rings (SSSR count). The fourth-order valence-corrected chi connectivity index (χ4v) is 2.12. The van der Waals surface area contributed by atoms with Crippen molar-refractivity contribution in [1.82, 2.24) is 10.6 Å². The molecule has 2 aromatic carbocycles. The van der Waals surface area contributed by atoms with Crippen molar-refractivity contribution in [2.75, 3.05) is 26.7 Å². The number of rotatable bonds is 6. The number of ether oxygens (including phenoxy) is 1. The van der Waals surface area contributed by atoms with Crippen LogP contribution in [0.2, 0.25) is 0 Å². The van der Waals surface area contributed by atoms with Gasteiger partial charge in [0.15, 0.2) is 5.96 Å². The van der Waals surface area contributed by atoms with E-state index in [4.69, 9.17) is 4.74 Å². The van der Waals surface area contributed by atoms with Gasteiger partial charge in [0.25, 0.3) is 0 Å². The van der Waals surface area contributed by atoms with Gasteiger partial charge in [0.1, 0.15) is 12.4 Å². The van der Waals surface area contributed by atoms with Gasteiger partial charge in [0.2, 0.25) is 0 Å². The molecule has 0 aliphatic rings. The van der Waals surface area contributed by atoms with Crippen molar-refractivity contribution < 1.29 is 4.74 Å². The van der Waals surface area contributed by atoms with E-state index < -0.39 is 0 Å². The maximum Gasteiger partial charge on any atom is 0.191 e. The second-order valence-electron chi connectivity index (χ2n) is 4.75. The first-order valence-corrected chi connectivity index (χ1v) is 7.40. The summed E-state index contributed by atoms with van der Waals surface area (Å²) in [5.74, 6) is 1.74. The van der Waals surface area contributed by atoms with Crippen molar-refractivity contribution >= 4 is 40.7 Å². The average molecular weight is 413 g/mol. The lowest BCUT2D eigenvalue weighted by atomic mass is 10.1. The second-order valence-corrected chi connectivity index (χ2v) is 4.75. The van der Waals surface area contributed by atoms with Gasteiger partial charge in [-0.3, -0.25) is 4.99 Å². The molecule has 0 aliphatic carbocycles. The van der Waals surface area contributed by atoms with E-state index in [1.54, 1.807) is 7.05 Å². The van der Waals surface area contributed by atoms with Gasteiger partial charge in [-0.25, -0.2) is 0 Å². The molecule has 22 heavy (non-hydrogen) atoms. The molecular weight excluding hydrogens is 389 g/mol. The molecule has 0 bridgehead atoms. The Labute approximate surface area is 149 Å². The van der Waals surface area contributed by atoms with E-state index in [1.165, 1.54) is 5.39 Å². The number of nitrogens with one attached hydrogen (secondary N) is 2. The quantitative estimate of drug-likeness (QED) is 0.330. The Morgan fingerprint density at radius 3 is 2.55 bits per heavy atom. The summed E-state index contributed by atoms with van der Waals surface area (Å²) in [4.78, 5) is 4.16. The third kappa shape index (κ3) is 5.36. The van der Waals surface area contributed by atoms with Crippen LogP contribution < -0.4 is 15.4 Å². The van der Waals surface area contributed by atoms with Crippen molar-refractivity contribution in [3.8, 4) is 5.75 Å². The number of nitrogens with zero attached hydrogens (tertiary/aromatic N) is 1. The van der Waals surface area contributed by atoms with Crippen molar-refractivity contribution in [2.24, 2.45) is 4.99 Å². The van der Waals surface area contributed by atoms with Crippen LogP contribution in [0.25, 0.3) is 10.8 Å². The second kappa shape index (κ2) is 10.3. The molecule has 0 saturated heterocycles. The summed E-state index contributed by atoms with van der Waals surface area (Å²) >= 11 is 0. The number of halogens is 1. The van der Waals surface area contributed by atoms with Crippen LogP contribution in [-0.4, -0.2) is 32.7 Å². The van der Waals surface area contributed by atoms with E-state index >= 15 is 0 Å². The minimum atomic E-state index is 0. The molecule has 5 heteroatoms. The summed E-state index contributed by atoms with van der Waals surface area (Å²) in [5, 5.41) is 8.81. The first-order valence-electron chi connectivity index (χ1n) is 7.40. The van der Waals surface area contributed by atoms with Crippen LogP contribution in [0.5, 0.6) is 5.75 Å². The van der Waals surface area contributed by atoms with Gasteiger partial charge >= 0.3 is 0 Å². The van der Waals surface area contributed by atoms with Gasteiger partial charge < -0.3 is 15.4 Å². The first-order chi connectivity index (χ1) is 10.3. The molecule has 120 valence electrons. The zero-order valence-electron chi connectivity index (χ0n) is 13.1. The molecule has 0 spiro atoms. The van der Waals surface area contributed by atoms with E-state index in [0.29, 0.717) is 13.2 Å². The van der Waals surface area contributed by atoms with E-state index in [9.17, 15) is 0 Å². The number of hydrogen-bond acceptors (Lipinski definition) is 2. The summed E-state index contributed by atoms with van der Waals surface area (Å²) in [6.07, 6.45) is 1.08. The summed E-state index contributed by atoms with van der Waals surface area (Å²) < 4.78 is 5.87. The molecule has 0 unspecified atom stereocenters. The van der Waals surface area contributed by atoms with Crippen molar-refractivity contribution in [3.63, 3.8) is 0 Å². The summed E-state index contributed by atoms with van der Waals surface area (Å²) in [6, 6.07) is 14.4. The number of fused-ring (bicyclic) bond motifs is 1. The number of aliphatic imine (C=N–C) groups is 1. The Hall–Kier alpha value is -1.50. The minimum absolute atomic E-state index is 0. The maximum absolute atomic E-state index is 5.87. The number of benzene rings is 2. The van der Waals surface area contributed by atoms with Crippen LogP contribution in [0.1, 0.15) is 13.3 Å². The Morgan fingerprint density at radius 1 is 1.05 bits per heavy atom. The summed E-state index contributed by atoms with van der Waals surface area (Å²) in [5.41, 5.74) is 0. The van der Waals surface area contributed by atoms with Gasteiger partial charge in [0, 0.05) is 19.0 Å². The smallest absolute Gasteiger partial charge is 0.191 e. The lowest BCUT2D eigenvalue weighted by Gasteiger charge is -2.12. The van der Waals surface area contributed by atoms with Crippen LogP contribution in [0.15, 0.2) is 47.5 Å². The summed E-state index contributed by atoms with van der Waals surface area (Å²) in [7, 11) is 1.77. The highest BCUT2D eigenvalue weighted by molar-refractivity contribution is 14.0. The normalized spacial score (nSPS) is 10.9. The highest BCUT2D eigenvalue weighted by Gasteiger charge is 2.01. The molecule has 0 amide bonds. The molecule has 0 aromatic heterocycles. The highest BCUT2D eigenvalue weighted by Crippen LogP contribution is 2.24. The van der Waals surface area contributed by atoms with Crippen LogP contribution >= 0.6 is 24.0 Å². The van der Waals surface area contributed by atoms with Gasteiger partial charge in [-0.2, -0.15) is 0 Å². The van der Waals surface area contributed by atoms with E-state index in [1.807, 2.05) is 24.3 Å². The Bertz CT molecular complexity index is 596. The van der Waals surface area contributed by atoms with Crippen LogP contribution in [-0.2, 0) is 0 Å². The van der Waals surface area contributed by atoms with Crippen molar-refractivity contribution in [3.05, 3.63) is 42.5 Å². The number of hydrogen-bond donors (Lipinski definition) is 2. The fourth-order valence-electron chi connectivity index (χ4n) is 2.12. The van der Waals surface area contributed by atoms with Crippen molar-refractivity contribution in [2.45, 2.75) is 13.3 Å². The predicted octanol–water partition coefficient (Wildman–Crippen LogP) is 3.41. The molecule has 0 radical (unpaired) electrons. The topological polar surface area (TPSA) is 45.7 Å². The molecule has 2 N–H and O–H groups in total. The fraction of sp³-hybridized carbons (Fsp3) is 0.353. The molecule has 4 nitrogen and oxygen atoms in total. The standard InChI is InChI=1S/C17H23N3O.HI/c1-3-11-19-17(18-2)20-12-13-21-16-10-6-8-14-7-4-5-9-15(14)16;/h4-10H,3,11-13H2,1-2H3,(H2,18,19,20);1H. The lowest BCUT2D eigenvalue weighted by Crippen LogP contribution is -2.39. The number of guanidine groups is 1. The van der Waals surface area contributed by atoms with Crippen LogP contribution in [0.3, 0.4) is 0 Å². The van der Waals surface area contributed by atoms with Gasteiger partial charge in [-0.15, -0.1) is 24.0 Å². The molecule has 0 saturated carbocycles. The first kappa shape index (κ1) is 18.5. The largest absolute Gasteiger partial charge is 0.491 e. The van der Waals surface area contributed by atoms with Crippen LogP contribution in [0, 0.1) is 0 Å². The third-order valence-corrected chi connectivity index (χ3v) is 3.17. The van der Waals surface area contributed by atoms with Gasteiger partial charge in [-0.1, -0.05) is 43.3 Å². The third-order valence-electron chi connectivity index (χ3n) is 3.17. The molecular formula is C17H24IN3O. The lowest BCUT2D eigenvalue weighted by molar-refractivity contribution is 0.325. The van der Waals surface area contributed by atoms with Gasteiger partial charge in [-0.05, 0) is 17.9 Å². The maximum atomic E-state index is 5.87. The van der Waals surface area contributed by atoms with Crippen LogP contribution in [0.4, 0.5) is 0 Å². The SMILES string of the molecule is CCCNC(=NC)NCCOc1cccc2ccccc12.I. The predicted molar refractivity (Wildman–Crippen MR) is 105 cm³/mol. The molecule has 0 aliphatic heterocycles. The Kier molecular flexibility index (Phi) is 8.65. The monoisotopic (exact) mass is 413 g/mol. The molecule has 0 atom stereocenters.